The minimum atomic E-state index is -3.75. The Morgan fingerprint density at radius 3 is 2.85 bits per heavy atom. The van der Waals surface area contributed by atoms with Gasteiger partial charge in [-0.05, 0) is 12.1 Å². The van der Waals surface area contributed by atoms with E-state index in [2.05, 4.69) is 4.98 Å². The summed E-state index contributed by atoms with van der Waals surface area (Å²) in [5.41, 5.74) is 0.666. The molecule has 0 aliphatic rings. The first-order valence-corrected chi connectivity index (χ1v) is 5.67. The van der Waals surface area contributed by atoms with Crippen LogP contribution in [0.3, 0.4) is 0 Å². The first-order chi connectivity index (χ1) is 6.09. The third-order valence-corrected chi connectivity index (χ3v) is 2.94. The van der Waals surface area contributed by atoms with E-state index in [9.17, 15) is 8.42 Å². The zero-order valence-electron chi connectivity index (χ0n) is 6.27. The number of hydrogen-bond donors (Lipinski definition) is 0. The van der Waals surface area contributed by atoms with E-state index in [1.165, 1.54) is 12.5 Å². The summed E-state index contributed by atoms with van der Waals surface area (Å²) in [6, 6.07) is 4.55. The predicted octanol–water partition coefficient (Wildman–Crippen LogP) is 1.76. The fraction of sp³-hybridized carbons (Fsp3) is 0. The Morgan fingerprint density at radius 1 is 1.38 bits per heavy atom. The van der Waals surface area contributed by atoms with Crippen LogP contribution in [0.4, 0.5) is 0 Å². The van der Waals surface area contributed by atoms with Crippen molar-refractivity contribution in [1.82, 2.24) is 4.98 Å². The van der Waals surface area contributed by atoms with Crippen molar-refractivity contribution >= 4 is 30.8 Å². The molecule has 0 radical (unpaired) electrons. The molecule has 0 unspecified atom stereocenters. The number of halogens is 1. The van der Waals surface area contributed by atoms with Crippen molar-refractivity contribution in [2.45, 2.75) is 4.90 Å². The van der Waals surface area contributed by atoms with Gasteiger partial charge >= 0.3 is 0 Å². The van der Waals surface area contributed by atoms with Crippen molar-refractivity contribution in [2.75, 3.05) is 0 Å². The Hall–Kier alpha value is -1.07. The van der Waals surface area contributed by atoms with Crippen LogP contribution in [0.5, 0.6) is 0 Å². The summed E-state index contributed by atoms with van der Waals surface area (Å²) in [6.45, 7) is 0. The summed E-state index contributed by atoms with van der Waals surface area (Å²) in [4.78, 5) is 3.73. The lowest BCUT2D eigenvalue weighted by Gasteiger charge is -1.94. The van der Waals surface area contributed by atoms with Gasteiger partial charge in [-0.2, -0.15) is 0 Å². The lowest BCUT2D eigenvalue weighted by Crippen LogP contribution is -1.91. The maximum Gasteiger partial charge on any atom is 0.263 e. The molecule has 0 saturated carbocycles. The lowest BCUT2D eigenvalue weighted by atomic mass is 10.3. The Bertz CT molecular complexity index is 546. The smallest absolute Gasteiger partial charge is 0.263 e. The van der Waals surface area contributed by atoms with Crippen LogP contribution in [0.1, 0.15) is 0 Å². The molecule has 0 saturated heterocycles. The molecule has 1 heterocycles. The van der Waals surface area contributed by atoms with Gasteiger partial charge in [0.15, 0.2) is 12.0 Å². The largest absolute Gasteiger partial charge is 0.443 e. The van der Waals surface area contributed by atoms with Crippen LogP contribution in [0.25, 0.3) is 11.1 Å². The number of rotatable bonds is 1. The second kappa shape index (κ2) is 2.71. The van der Waals surface area contributed by atoms with Gasteiger partial charge in [-0.15, -0.1) is 0 Å². The molecule has 0 fully saturated rings. The average molecular weight is 218 g/mol. The summed E-state index contributed by atoms with van der Waals surface area (Å²) < 4.78 is 27.0. The van der Waals surface area contributed by atoms with Crippen molar-refractivity contribution in [3.8, 4) is 0 Å². The zero-order valence-corrected chi connectivity index (χ0v) is 7.84. The first kappa shape index (κ1) is 8.52. The summed E-state index contributed by atoms with van der Waals surface area (Å²) >= 11 is 0. The lowest BCUT2D eigenvalue weighted by molar-refractivity contribution is 0.601. The predicted molar refractivity (Wildman–Crippen MR) is 47.0 cm³/mol. The standard InChI is InChI=1S/C7H4ClNO3S/c8-13(10,11)6-3-1-2-5-7(6)9-4-12-5/h1-4H. The van der Waals surface area contributed by atoms with Gasteiger partial charge in [0.2, 0.25) is 0 Å². The van der Waals surface area contributed by atoms with Gasteiger partial charge < -0.3 is 4.42 Å². The van der Waals surface area contributed by atoms with Gasteiger partial charge in [-0.25, -0.2) is 13.4 Å². The number of benzene rings is 1. The topological polar surface area (TPSA) is 60.2 Å². The van der Waals surface area contributed by atoms with Crippen LogP contribution in [-0.4, -0.2) is 13.4 Å². The van der Waals surface area contributed by atoms with Crippen LogP contribution in [0, 0.1) is 0 Å². The van der Waals surface area contributed by atoms with Crippen LogP contribution >= 0.6 is 10.7 Å². The molecule has 0 N–H and O–H groups in total. The molecular formula is C7H4ClNO3S. The second-order valence-corrected chi connectivity index (χ2v) is 4.93. The molecule has 0 spiro atoms. The van der Waals surface area contributed by atoms with E-state index in [4.69, 9.17) is 15.1 Å². The van der Waals surface area contributed by atoms with Crippen LogP contribution < -0.4 is 0 Å². The van der Waals surface area contributed by atoms with Crippen molar-refractivity contribution in [1.29, 1.82) is 0 Å². The van der Waals surface area contributed by atoms with Crippen LogP contribution in [0.2, 0.25) is 0 Å². The Morgan fingerprint density at radius 2 is 2.15 bits per heavy atom. The molecule has 13 heavy (non-hydrogen) atoms. The number of nitrogens with zero attached hydrogens (tertiary/aromatic N) is 1. The van der Waals surface area contributed by atoms with E-state index in [0.717, 1.165) is 0 Å². The highest BCUT2D eigenvalue weighted by Gasteiger charge is 2.15. The number of para-hydroxylation sites is 1. The zero-order chi connectivity index (χ0) is 9.47. The van der Waals surface area contributed by atoms with Gasteiger partial charge in [0.05, 0.1) is 0 Å². The van der Waals surface area contributed by atoms with E-state index >= 15 is 0 Å². The Labute approximate surface area is 78.6 Å². The number of fused-ring (bicyclic) bond motifs is 1. The van der Waals surface area contributed by atoms with E-state index < -0.39 is 9.05 Å². The van der Waals surface area contributed by atoms with E-state index in [-0.39, 0.29) is 10.4 Å². The SMILES string of the molecule is O=S(=O)(Cl)c1cccc2ocnc12. The summed E-state index contributed by atoms with van der Waals surface area (Å²) in [7, 11) is 1.44. The maximum absolute atomic E-state index is 11.0. The monoisotopic (exact) mass is 217 g/mol. The molecule has 6 heteroatoms. The van der Waals surface area contributed by atoms with Crippen molar-refractivity contribution < 1.29 is 12.8 Å². The molecule has 0 amide bonds. The molecule has 1 aromatic heterocycles. The molecule has 0 aliphatic carbocycles. The average Bonchev–Trinajstić information content (AvgIpc) is 2.48. The van der Waals surface area contributed by atoms with Crippen molar-refractivity contribution in [2.24, 2.45) is 0 Å². The molecule has 0 bridgehead atoms. The van der Waals surface area contributed by atoms with Crippen LogP contribution in [0.15, 0.2) is 33.9 Å². The number of hydrogen-bond acceptors (Lipinski definition) is 4. The minimum Gasteiger partial charge on any atom is -0.443 e. The first-order valence-electron chi connectivity index (χ1n) is 3.36. The molecule has 2 rings (SSSR count). The van der Waals surface area contributed by atoms with Crippen LogP contribution in [-0.2, 0) is 9.05 Å². The highest BCUT2D eigenvalue weighted by Crippen LogP contribution is 2.23. The number of aromatic nitrogens is 1. The molecular weight excluding hydrogens is 214 g/mol. The van der Waals surface area contributed by atoms with Gasteiger partial charge in [0.1, 0.15) is 10.4 Å². The third-order valence-electron chi connectivity index (χ3n) is 1.59. The minimum absolute atomic E-state index is 0.0274. The highest BCUT2D eigenvalue weighted by atomic mass is 35.7. The fourth-order valence-corrected chi connectivity index (χ4v) is 2.06. The Balaban J connectivity index is 2.91. The van der Waals surface area contributed by atoms with Crippen molar-refractivity contribution in [3.63, 3.8) is 0 Å². The van der Waals surface area contributed by atoms with E-state index in [1.807, 2.05) is 0 Å². The normalized spacial score (nSPS) is 12.1. The van der Waals surface area contributed by atoms with Gasteiger partial charge in [-0.1, -0.05) is 6.07 Å². The summed E-state index contributed by atoms with van der Waals surface area (Å²) in [5, 5.41) is 0. The van der Waals surface area contributed by atoms with Gasteiger partial charge in [0.25, 0.3) is 9.05 Å². The fourth-order valence-electron chi connectivity index (χ4n) is 1.06. The van der Waals surface area contributed by atoms with Gasteiger partial charge in [-0.3, -0.25) is 0 Å². The molecule has 68 valence electrons. The Kier molecular flexibility index (Phi) is 1.78. The van der Waals surface area contributed by atoms with E-state index in [0.29, 0.717) is 5.58 Å². The highest BCUT2D eigenvalue weighted by molar-refractivity contribution is 8.14. The third kappa shape index (κ3) is 1.40. The summed E-state index contributed by atoms with van der Waals surface area (Å²) in [5.74, 6) is 0. The van der Waals surface area contributed by atoms with E-state index in [1.54, 1.807) is 12.1 Å². The second-order valence-electron chi connectivity index (χ2n) is 2.39. The molecule has 4 nitrogen and oxygen atoms in total. The maximum atomic E-state index is 11.0. The van der Waals surface area contributed by atoms with Crippen molar-refractivity contribution in [3.05, 3.63) is 24.6 Å². The summed E-state index contributed by atoms with van der Waals surface area (Å²) in [6.07, 6.45) is 1.18. The molecule has 2 aromatic rings. The number of oxazole rings is 1. The molecule has 1 aromatic carbocycles. The quantitative estimate of drug-likeness (QED) is 0.683. The molecule has 0 atom stereocenters. The van der Waals surface area contributed by atoms with Gasteiger partial charge in [0, 0.05) is 10.7 Å². The molecule has 0 aliphatic heterocycles.